The minimum atomic E-state index is -1.34. The molecular formula is C29H34FN3O3S. The molecule has 6 nitrogen and oxygen atoms in total. The van der Waals surface area contributed by atoms with Crippen molar-refractivity contribution in [3.8, 4) is 22.4 Å². The van der Waals surface area contributed by atoms with Crippen molar-refractivity contribution in [3.05, 3.63) is 77.2 Å². The van der Waals surface area contributed by atoms with Gasteiger partial charge in [-0.15, -0.1) is 0 Å². The summed E-state index contributed by atoms with van der Waals surface area (Å²) in [6.45, 7) is 8.60. The molecule has 196 valence electrons. The first-order valence-corrected chi connectivity index (χ1v) is 13.7. The number of aliphatic hydroxyl groups is 1. The van der Waals surface area contributed by atoms with E-state index >= 15 is 0 Å². The summed E-state index contributed by atoms with van der Waals surface area (Å²) in [5, 5.41) is 12.8. The molecule has 1 aliphatic heterocycles. The predicted octanol–water partition coefficient (Wildman–Crippen LogP) is 5.40. The average Bonchev–Trinajstić information content (AvgIpc) is 3.24. The lowest BCUT2D eigenvalue weighted by Gasteiger charge is -2.30. The van der Waals surface area contributed by atoms with Crippen LogP contribution in [0, 0.1) is 5.82 Å². The highest BCUT2D eigenvalue weighted by atomic mass is 32.2. The minimum Gasteiger partial charge on any atom is -0.396 e. The third-order valence-corrected chi connectivity index (χ3v) is 8.21. The second kappa shape index (κ2) is 11.2. The van der Waals surface area contributed by atoms with Crippen LogP contribution in [0.2, 0.25) is 0 Å². The number of aliphatic hydroxyl groups excluding tert-OH is 1. The molecule has 0 saturated carbocycles. The molecule has 0 fully saturated rings. The molecule has 1 aromatic heterocycles. The normalized spacial score (nSPS) is 16.4. The van der Waals surface area contributed by atoms with Crippen molar-refractivity contribution < 1.29 is 18.5 Å². The van der Waals surface area contributed by atoms with Crippen LogP contribution < -0.4 is 5.32 Å². The zero-order chi connectivity index (χ0) is 26.7. The minimum absolute atomic E-state index is 0.0799. The van der Waals surface area contributed by atoms with Crippen LogP contribution in [0.25, 0.3) is 22.4 Å². The average molecular weight is 524 g/mol. The Hall–Kier alpha value is -2.94. The van der Waals surface area contributed by atoms with Gasteiger partial charge >= 0.3 is 0 Å². The molecule has 1 amide bonds. The Balaban J connectivity index is 1.89. The van der Waals surface area contributed by atoms with E-state index in [4.69, 9.17) is 4.98 Å². The zero-order valence-corrected chi connectivity index (χ0v) is 22.6. The van der Waals surface area contributed by atoms with Crippen LogP contribution in [-0.2, 0) is 17.5 Å². The molecule has 0 saturated heterocycles. The first kappa shape index (κ1) is 27.1. The first-order valence-electron chi connectivity index (χ1n) is 12.6. The number of amides is 1. The number of rotatable bonds is 8. The van der Waals surface area contributed by atoms with E-state index in [2.05, 4.69) is 5.32 Å². The van der Waals surface area contributed by atoms with Gasteiger partial charge in [0.1, 0.15) is 22.5 Å². The summed E-state index contributed by atoms with van der Waals surface area (Å²) >= 11 is 0. The summed E-state index contributed by atoms with van der Waals surface area (Å²) in [5.74, 6) is -0.582. The number of carbonyl (C=O) groups is 1. The van der Waals surface area contributed by atoms with Crippen molar-refractivity contribution >= 4 is 16.9 Å². The van der Waals surface area contributed by atoms with Crippen LogP contribution in [0.3, 0.4) is 0 Å². The third-order valence-electron chi connectivity index (χ3n) is 6.35. The maximum Gasteiger partial charge on any atom is 0.269 e. The van der Waals surface area contributed by atoms with Crippen LogP contribution >= 0.6 is 0 Å². The van der Waals surface area contributed by atoms with E-state index < -0.39 is 15.7 Å². The monoisotopic (exact) mass is 523 g/mol. The van der Waals surface area contributed by atoms with Gasteiger partial charge in [0.15, 0.2) is 0 Å². The molecule has 2 atom stereocenters. The lowest BCUT2D eigenvalue weighted by atomic mass is 9.94. The number of aromatic nitrogens is 1. The van der Waals surface area contributed by atoms with Crippen molar-refractivity contribution in [3.63, 3.8) is 0 Å². The molecule has 8 heteroatoms. The van der Waals surface area contributed by atoms with Crippen LogP contribution in [0.1, 0.15) is 68.2 Å². The Kier molecular flexibility index (Phi) is 8.21. The van der Waals surface area contributed by atoms with Gasteiger partial charge in [-0.3, -0.25) is 4.79 Å². The van der Waals surface area contributed by atoms with Gasteiger partial charge in [-0.25, -0.2) is 17.9 Å². The Labute approximate surface area is 220 Å². The highest BCUT2D eigenvalue weighted by Crippen LogP contribution is 2.44. The van der Waals surface area contributed by atoms with E-state index in [1.165, 1.54) is 12.1 Å². The smallest absolute Gasteiger partial charge is 0.269 e. The quantitative estimate of drug-likeness (QED) is 0.414. The summed E-state index contributed by atoms with van der Waals surface area (Å²) < 4.78 is 28.9. The molecule has 2 aromatic carbocycles. The van der Waals surface area contributed by atoms with E-state index in [0.29, 0.717) is 30.9 Å². The highest BCUT2D eigenvalue weighted by Gasteiger charge is 2.40. The van der Waals surface area contributed by atoms with Gasteiger partial charge in [-0.05, 0) is 74.6 Å². The number of benzene rings is 2. The maximum atomic E-state index is 13.9. The summed E-state index contributed by atoms with van der Waals surface area (Å²) in [4.78, 5) is 17.8. The van der Waals surface area contributed by atoms with Gasteiger partial charge in [0.25, 0.3) is 5.91 Å². The second-order valence-corrected chi connectivity index (χ2v) is 12.4. The zero-order valence-electron chi connectivity index (χ0n) is 21.8. The van der Waals surface area contributed by atoms with Crippen LogP contribution in [-0.4, -0.2) is 42.4 Å². The molecule has 0 spiro atoms. The number of nitrogens with one attached hydrogen (secondary N) is 1. The number of hydrogen-bond acceptors (Lipinski definition) is 4. The fraction of sp³-hybridized carbons (Fsp3) is 0.379. The van der Waals surface area contributed by atoms with Crippen molar-refractivity contribution in [1.29, 1.82) is 0 Å². The van der Waals surface area contributed by atoms with Gasteiger partial charge in [-0.2, -0.15) is 0 Å². The highest BCUT2D eigenvalue weighted by molar-refractivity contribution is 7.84. The lowest BCUT2D eigenvalue weighted by molar-refractivity contribution is 0.0948. The Morgan fingerprint density at radius 1 is 1.14 bits per heavy atom. The first-order chi connectivity index (χ1) is 17.6. The molecule has 0 radical (unpaired) electrons. The number of fused-ring (bicyclic) bond motifs is 1. The fourth-order valence-electron chi connectivity index (χ4n) is 4.65. The SMILES string of the molecule is CCCNC(=O)c1cc2c(c(-c3cccc(-c4cccc(F)c4)c3)n1)[C@H](CCO)N([S@@](=O)C(C)(C)C)C2. The van der Waals surface area contributed by atoms with Crippen LogP contribution in [0.5, 0.6) is 0 Å². The van der Waals surface area contributed by atoms with Crippen molar-refractivity contribution in [2.24, 2.45) is 0 Å². The van der Waals surface area contributed by atoms with Gasteiger partial charge < -0.3 is 10.4 Å². The molecule has 4 rings (SSSR count). The number of carbonyl (C=O) groups excluding carboxylic acids is 1. The standard InChI is InChI=1S/C29H34FN3O3S/c1-5-13-31-28(35)24-17-22-18-33(37(36)29(2,3)4)25(12-14-34)26(22)27(32-24)21-10-6-8-19(15-21)20-9-7-11-23(30)16-20/h6-11,15-17,25,34H,5,12-14,18H2,1-4H3,(H,31,35)/t25-,37-/m0/s1. The molecule has 0 unspecified atom stereocenters. The Morgan fingerprint density at radius 3 is 2.46 bits per heavy atom. The number of nitrogens with zero attached hydrogens (tertiary/aromatic N) is 2. The third kappa shape index (κ3) is 5.81. The molecule has 2 heterocycles. The van der Waals surface area contributed by atoms with Gasteiger partial charge in [0.05, 0.1) is 16.5 Å². The van der Waals surface area contributed by atoms with Gasteiger partial charge in [0.2, 0.25) is 0 Å². The molecule has 1 aliphatic rings. The van der Waals surface area contributed by atoms with E-state index in [9.17, 15) is 18.5 Å². The molecule has 2 N–H and O–H groups in total. The number of pyridine rings is 1. The molecule has 37 heavy (non-hydrogen) atoms. The Bertz CT molecular complexity index is 1320. The van der Waals surface area contributed by atoms with E-state index in [-0.39, 0.29) is 24.4 Å². The summed E-state index contributed by atoms with van der Waals surface area (Å²) in [6, 6.07) is 15.5. The van der Waals surface area contributed by atoms with Crippen molar-refractivity contribution in [1.82, 2.24) is 14.6 Å². The van der Waals surface area contributed by atoms with E-state index in [1.54, 1.807) is 12.1 Å². The molecular weight excluding hydrogens is 489 g/mol. The van der Waals surface area contributed by atoms with Gasteiger partial charge in [0, 0.05) is 30.8 Å². The van der Waals surface area contributed by atoms with Crippen molar-refractivity contribution in [2.75, 3.05) is 13.2 Å². The van der Waals surface area contributed by atoms with Gasteiger partial charge in [-0.1, -0.05) is 37.3 Å². The second-order valence-electron chi connectivity index (χ2n) is 10.2. The summed E-state index contributed by atoms with van der Waals surface area (Å²) in [6.07, 6.45) is 1.19. The fourth-order valence-corrected chi connectivity index (χ4v) is 6.05. The molecule has 0 aliphatic carbocycles. The lowest BCUT2D eigenvalue weighted by Crippen LogP contribution is -2.36. The topological polar surface area (TPSA) is 82.5 Å². The Morgan fingerprint density at radius 2 is 1.81 bits per heavy atom. The predicted molar refractivity (Wildman–Crippen MR) is 146 cm³/mol. The van der Waals surface area contributed by atoms with E-state index in [1.807, 2.05) is 62.3 Å². The van der Waals surface area contributed by atoms with Crippen molar-refractivity contribution in [2.45, 2.75) is 57.9 Å². The maximum absolute atomic E-state index is 13.9. The summed E-state index contributed by atoms with van der Waals surface area (Å²) in [7, 11) is -1.34. The molecule has 3 aromatic rings. The largest absolute Gasteiger partial charge is 0.396 e. The summed E-state index contributed by atoms with van der Waals surface area (Å²) in [5.41, 5.74) is 4.98. The van der Waals surface area contributed by atoms with Crippen LogP contribution in [0.15, 0.2) is 54.6 Å². The van der Waals surface area contributed by atoms with Crippen LogP contribution in [0.4, 0.5) is 4.39 Å². The number of hydrogen-bond donors (Lipinski definition) is 2. The number of halogens is 1. The molecule has 0 bridgehead atoms. The van der Waals surface area contributed by atoms with E-state index in [0.717, 1.165) is 34.2 Å².